The molecule has 0 bridgehead atoms. The van der Waals surface area contributed by atoms with Crippen LogP contribution >= 0.6 is 0 Å². The first-order chi connectivity index (χ1) is 9.70. The van der Waals surface area contributed by atoms with Crippen molar-refractivity contribution < 1.29 is 13.9 Å². The summed E-state index contributed by atoms with van der Waals surface area (Å²) in [5, 5.41) is 8.92. The molecule has 0 aliphatic heterocycles. The Kier molecular flexibility index (Phi) is 4.56. The van der Waals surface area contributed by atoms with E-state index in [1.54, 1.807) is 30.3 Å². The molecule has 20 heavy (non-hydrogen) atoms. The molecule has 0 atom stereocenters. The van der Waals surface area contributed by atoms with E-state index in [1.165, 1.54) is 12.1 Å². The van der Waals surface area contributed by atoms with Gasteiger partial charge in [-0.2, -0.15) is 5.26 Å². The van der Waals surface area contributed by atoms with Crippen LogP contribution in [0.5, 0.6) is 11.5 Å². The zero-order valence-corrected chi connectivity index (χ0v) is 11.1. The Morgan fingerprint density at radius 3 is 2.50 bits per heavy atom. The van der Waals surface area contributed by atoms with Crippen molar-refractivity contribution in [3.8, 4) is 17.6 Å². The molecular weight excluding hydrogens is 257 g/mol. The fraction of sp³-hybridized carbons (Fsp3) is 0.188. The van der Waals surface area contributed by atoms with Crippen LogP contribution in [0.1, 0.15) is 11.1 Å². The van der Waals surface area contributed by atoms with Crippen molar-refractivity contribution in [1.82, 2.24) is 0 Å². The summed E-state index contributed by atoms with van der Waals surface area (Å²) in [4.78, 5) is 0. The number of rotatable bonds is 5. The highest BCUT2D eigenvalue weighted by atomic mass is 19.1. The highest BCUT2D eigenvalue weighted by Gasteiger charge is 2.03. The SMILES string of the molecule is Cc1ccc(F)cc1OCCOc1ccccc1C#N. The van der Waals surface area contributed by atoms with Crippen LogP contribution in [0.3, 0.4) is 0 Å². The van der Waals surface area contributed by atoms with Crippen molar-refractivity contribution in [3.05, 3.63) is 59.4 Å². The number of benzene rings is 2. The van der Waals surface area contributed by atoms with E-state index >= 15 is 0 Å². The maximum absolute atomic E-state index is 13.1. The first-order valence-corrected chi connectivity index (χ1v) is 6.21. The van der Waals surface area contributed by atoms with Crippen molar-refractivity contribution in [3.63, 3.8) is 0 Å². The van der Waals surface area contributed by atoms with E-state index in [2.05, 4.69) is 6.07 Å². The molecule has 0 fully saturated rings. The number of nitriles is 1. The fourth-order valence-electron chi connectivity index (χ4n) is 1.72. The number of aryl methyl sites for hydroxylation is 1. The van der Waals surface area contributed by atoms with Gasteiger partial charge in [0, 0.05) is 6.07 Å². The van der Waals surface area contributed by atoms with Gasteiger partial charge in [0.05, 0.1) is 5.56 Å². The predicted molar refractivity (Wildman–Crippen MR) is 73.3 cm³/mol. The molecule has 4 heteroatoms. The summed E-state index contributed by atoms with van der Waals surface area (Å²) in [6, 6.07) is 13.4. The van der Waals surface area contributed by atoms with E-state index in [1.807, 2.05) is 6.92 Å². The minimum absolute atomic E-state index is 0.282. The Labute approximate surface area is 117 Å². The third-order valence-electron chi connectivity index (χ3n) is 2.76. The van der Waals surface area contributed by atoms with Crippen molar-refractivity contribution in [2.75, 3.05) is 13.2 Å². The zero-order chi connectivity index (χ0) is 14.4. The van der Waals surface area contributed by atoms with Crippen LogP contribution in [0.2, 0.25) is 0 Å². The molecule has 0 heterocycles. The van der Waals surface area contributed by atoms with Gasteiger partial charge in [0.1, 0.15) is 36.6 Å². The molecule has 0 saturated carbocycles. The van der Waals surface area contributed by atoms with E-state index in [9.17, 15) is 4.39 Å². The Bertz CT molecular complexity index is 635. The number of ether oxygens (including phenoxy) is 2. The molecule has 0 radical (unpaired) electrons. The lowest BCUT2D eigenvalue weighted by molar-refractivity contribution is 0.215. The van der Waals surface area contributed by atoms with Crippen LogP contribution in [0, 0.1) is 24.1 Å². The van der Waals surface area contributed by atoms with E-state index in [0.29, 0.717) is 17.1 Å². The molecule has 0 aliphatic carbocycles. The molecule has 0 spiro atoms. The summed E-state index contributed by atoms with van der Waals surface area (Å²) in [5.74, 6) is 0.693. The molecule has 3 nitrogen and oxygen atoms in total. The van der Waals surface area contributed by atoms with Crippen molar-refractivity contribution >= 4 is 0 Å². The summed E-state index contributed by atoms with van der Waals surface area (Å²) in [7, 11) is 0. The molecule has 0 amide bonds. The summed E-state index contributed by atoms with van der Waals surface area (Å²) in [6.07, 6.45) is 0. The average Bonchev–Trinajstić information content (AvgIpc) is 2.47. The van der Waals surface area contributed by atoms with E-state index in [0.717, 1.165) is 5.56 Å². The predicted octanol–water partition coefficient (Wildman–Crippen LogP) is 3.46. The van der Waals surface area contributed by atoms with Gasteiger partial charge in [0.25, 0.3) is 0 Å². The third-order valence-corrected chi connectivity index (χ3v) is 2.76. The minimum atomic E-state index is -0.332. The lowest BCUT2D eigenvalue weighted by atomic mass is 10.2. The standard InChI is InChI=1S/C16H14FNO2/c1-12-6-7-14(17)10-16(12)20-9-8-19-15-5-3-2-4-13(15)11-18/h2-7,10H,8-9H2,1H3. The molecule has 2 aromatic carbocycles. The van der Waals surface area contributed by atoms with Gasteiger partial charge >= 0.3 is 0 Å². The first kappa shape index (κ1) is 13.9. The topological polar surface area (TPSA) is 42.2 Å². The fourth-order valence-corrected chi connectivity index (χ4v) is 1.72. The maximum Gasteiger partial charge on any atom is 0.137 e. The quantitative estimate of drug-likeness (QED) is 0.782. The number of hydrogen-bond acceptors (Lipinski definition) is 3. The van der Waals surface area contributed by atoms with Crippen LogP contribution in [-0.2, 0) is 0 Å². The second kappa shape index (κ2) is 6.58. The zero-order valence-electron chi connectivity index (χ0n) is 11.1. The minimum Gasteiger partial charge on any atom is -0.490 e. The molecule has 0 unspecified atom stereocenters. The summed E-state index contributed by atoms with van der Waals surface area (Å²) < 4.78 is 24.0. The highest BCUT2D eigenvalue weighted by Crippen LogP contribution is 2.19. The highest BCUT2D eigenvalue weighted by molar-refractivity contribution is 5.42. The van der Waals surface area contributed by atoms with E-state index < -0.39 is 0 Å². The van der Waals surface area contributed by atoms with Crippen molar-refractivity contribution in [2.45, 2.75) is 6.92 Å². The van der Waals surface area contributed by atoms with Crippen LogP contribution in [0.15, 0.2) is 42.5 Å². The maximum atomic E-state index is 13.1. The van der Waals surface area contributed by atoms with Crippen molar-refractivity contribution in [2.24, 2.45) is 0 Å². The van der Waals surface area contributed by atoms with Crippen LogP contribution in [0.4, 0.5) is 4.39 Å². The van der Waals surface area contributed by atoms with Gasteiger partial charge < -0.3 is 9.47 Å². The first-order valence-electron chi connectivity index (χ1n) is 6.21. The molecule has 0 aliphatic rings. The monoisotopic (exact) mass is 271 g/mol. The van der Waals surface area contributed by atoms with Crippen molar-refractivity contribution in [1.29, 1.82) is 5.26 Å². The molecule has 2 rings (SSSR count). The van der Waals surface area contributed by atoms with Crippen LogP contribution < -0.4 is 9.47 Å². The molecular formula is C16H14FNO2. The van der Waals surface area contributed by atoms with Gasteiger partial charge in [-0.05, 0) is 30.7 Å². The Morgan fingerprint density at radius 1 is 1.05 bits per heavy atom. The van der Waals surface area contributed by atoms with Gasteiger partial charge in [-0.15, -0.1) is 0 Å². The Hall–Kier alpha value is -2.54. The number of halogens is 1. The second-order valence-corrected chi connectivity index (χ2v) is 4.21. The number of hydrogen-bond donors (Lipinski definition) is 0. The second-order valence-electron chi connectivity index (χ2n) is 4.21. The largest absolute Gasteiger partial charge is 0.490 e. The summed E-state index contributed by atoms with van der Waals surface area (Å²) in [6.45, 7) is 2.42. The average molecular weight is 271 g/mol. The smallest absolute Gasteiger partial charge is 0.137 e. The van der Waals surface area contributed by atoms with E-state index in [4.69, 9.17) is 14.7 Å². The molecule has 2 aromatic rings. The lowest BCUT2D eigenvalue weighted by Gasteiger charge is -2.11. The van der Waals surface area contributed by atoms with Gasteiger partial charge in [-0.25, -0.2) is 4.39 Å². The summed E-state index contributed by atoms with van der Waals surface area (Å²) in [5.41, 5.74) is 1.35. The van der Waals surface area contributed by atoms with Gasteiger partial charge in [0.2, 0.25) is 0 Å². The molecule has 0 aromatic heterocycles. The lowest BCUT2D eigenvalue weighted by Crippen LogP contribution is -2.10. The third kappa shape index (κ3) is 3.48. The van der Waals surface area contributed by atoms with Gasteiger partial charge in [-0.3, -0.25) is 0 Å². The van der Waals surface area contributed by atoms with Gasteiger partial charge in [0.15, 0.2) is 0 Å². The van der Waals surface area contributed by atoms with Gasteiger partial charge in [-0.1, -0.05) is 18.2 Å². The van der Waals surface area contributed by atoms with E-state index in [-0.39, 0.29) is 19.0 Å². The van der Waals surface area contributed by atoms with Crippen LogP contribution in [-0.4, -0.2) is 13.2 Å². The summed E-state index contributed by atoms with van der Waals surface area (Å²) >= 11 is 0. The molecule has 0 N–H and O–H groups in total. The molecule has 0 saturated heterocycles. The number of para-hydroxylation sites is 1. The van der Waals surface area contributed by atoms with Crippen LogP contribution in [0.25, 0.3) is 0 Å². The normalized spacial score (nSPS) is 9.85. The molecule has 102 valence electrons. The Balaban J connectivity index is 1.88. The number of nitrogens with zero attached hydrogens (tertiary/aromatic N) is 1. The Morgan fingerprint density at radius 2 is 1.75 bits per heavy atom.